The highest BCUT2D eigenvalue weighted by Crippen LogP contribution is 2.34. The monoisotopic (exact) mass is 483 g/mol. The summed E-state index contributed by atoms with van der Waals surface area (Å²) < 4.78 is 16.5. The number of nitrogen functional groups attached to an aromatic ring is 1. The van der Waals surface area contributed by atoms with E-state index in [0.717, 1.165) is 12.8 Å². The fourth-order valence-electron chi connectivity index (χ4n) is 4.65. The van der Waals surface area contributed by atoms with Gasteiger partial charge in [0.05, 0.1) is 19.4 Å². The number of rotatable bonds is 7. The van der Waals surface area contributed by atoms with Crippen LogP contribution in [0.15, 0.2) is 24.8 Å². The van der Waals surface area contributed by atoms with Crippen molar-refractivity contribution in [2.45, 2.75) is 43.9 Å². The van der Waals surface area contributed by atoms with Crippen LogP contribution in [-0.4, -0.2) is 61.3 Å². The number of fused-ring (bicyclic) bond motifs is 1. The summed E-state index contributed by atoms with van der Waals surface area (Å²) in [6.07, 6.45) is 3.64. The zero-order valence-corrected chi connectivity index (χ0v) is 18.9. The highest BCUT2D eigenvalue weighted by atomic mass is 19.1. The van der Waals surface area contributed by atoms with Gasteiger partial charge in [-0.2, -0.15) is 0 Å². The molecule has 184 valence electrons. The van der Waals surface area contributed by atoms with E-state index in [1.54, 1.807) is 17.0 Å². The van der Waals surface area contributed by atoms with Gasteiger partial charge in [0.15, 0.2) is 11.5 Å². The number of aromatic nitrogens is 4. The number of amides is 2. The summed E-state index contributed by atoms with van der Waals surface area (Å²) in [6.45, 7) is 0.630. The lowest BCUT2D eigenvalue weighted by Gasteiger charge is -2.30. The van der Waals surface area contributed by atoms with E-state index >= 15 is 0 Å². The molecular weight excluding hydrogens is 457 g/mol. The van der Waals surface area contributed by atoms with Gasteiger partial charge in [0, 0.05) is 35.9 Å². The smallest absolute Gasteiger partial charge is 0.405 e. The normalized spacial score (nSPS) is 19.8. The summed E-state index contributed by atoms with van der Waals surface area (Å²) in [6, 6.07) is 3.04. The molecule has 1 unspecified atom stereocenters. The maximum absolute atomic E-state index is 14.8. The van der Waals surface area contributed by atoms with Crippen molar-refractivity contribution in [1.29, 1.82) is 0 Å². The van der Waals surface area contributed by atoms with Gasteiger partial charge in [0.2, 0.25) is 5.91 Å². The van der Waals surface area contributed by atoms with Crippen LogP contribution in [0, 0.1) is 5.82 Å². The van der Waals surface area contributed by atoms with Crippen LogP contribution in [0.25, 0.3) is 11.2 Å². The SMILES string of the molecule is NCc1c(F)ccc(N2CCC(NC(=O)O)(C(=O)NC3CC3)C2)c1Cn1cnc2c(N)ncnc21. The van der Waals surface area contributed by atoms with Crippen LogP contribution >= 0.6 is 0 Å². The molecule has 2 fully saturated rings. The largest absolute Gasteiger partial charge is 0.465 e. The number of nitrogens with one attached hydrogen (secondary N) is 2. The van der Waals surface area contributed by atoms with E-state index in [0.29, 0.717) is 34.5 Å². The molecule has 1 saturated heterocycles. The second kappa shape index (κ2) is 8.65. The average Bonchev–Trinajstić information content (AvgIpc) is 3.38. The number of hydrogen-bond donors (Lipinski definition) is 5. The Labute approximate surface area is 199 Å². The van der Waals surface area contributed by atoms with Crippen LogP contribution < -0.4 is 27.0 Å². The molecular formula is C22H26FN9O3. The molecule has 12 nitrogen and oxygen atoms in total. The number of anilines is 2. The summed E-state index contributed by atoms with van der Waals surface area (Å²) in [5.74, 6) is -0.566. The number of nitrogens with zero attached hydrogens (tertiary/aromatic N) is 5. The Morgan fingerprint density at radius 3 is 2.74 bits per heavy atom. The van der Waals surface area contributed by atoms with Crippen LogP contribution in [-0.2, 0) is 17.9 Å². The molecule has 0 bridgehead atoms. The van der Waals surface area contributed by atoms with Crippen molar-refractivity contribution < 1.29 is 19.1 Å². The number of nitrogens with two attached hydrogens (primary N) is 2. The predicted octanol–water partition coefficient (Wildman–Crippen LogP) is 0.550. The molecule has 2 aromatic heterocycles. The Kier molecular flexibility index (Phi) is 5.63. The van der Waals surface area contributed by atoms with Crippen molar-refractivity contribution in [3.63, 3.8) is 0 Å². The minimum Gasteiger partial charge on any atom is -0.465 e. The summed E-state index contributed by atoms with van der Waals surface area (Å²) >= 11 is 0. The lowest BCUT2D eigenvalue weighted by molar-refractivity contribution is -0.126. The third-order valence-electron chi connectivity index (χ3n) is 6.61. The molecule has 7 N–H and O–H groups in total. The number of halogens is 1. The summed E-state index contributed by atoms with van der Waals surface area (Å²) in [5.41, 5.74) is 13.0. The molecule has 1 saturated carbocycles. The van der Waals surface area contributed by atoms with Crippen molar-refractivity contribution in [1.82, 2.24) is 30.2 Å². The van der Waals surface area contributed by atoms with E-state index in [1.165, 1.54) is 12.4 Å². The average molecular weight is 484 g/mol. The first-order chi connectivity index (χ1) is 16.8. The van der Waals surface area contributed by atoms with Gasteiger partial charge in [-0.05, 0) is 31.4 Å². The molecule has 1 atom stereocenters. The predicted molar refractivity (Wildman–Crippen MR) is 125 cm³/mol. The third-order valence-corrected chi connectivity index (χ3v) is 6.61. The van der Waals surface area contributed by atoms with Crippen molar-refractivity contribution in [2.75, 3.05) is 23.7 Å². The highest BCUT2D eigenvalue weighted by Gasteiger charge is 2.48. The van der Waals surface area contributed by atoms with Crippen molar-refractivity contribution in [2.24, 2.45) is 5.73 Å². The number of hydrogen-bond acceptors (Lipinski definition) is 8. The van der Waals surface area contributed by atoms with E-state index in [2.05, 4.69) is 25.6 Å². The van der Waals surface area contributed by atoms with Gasteiger partial charge in [-0.15, -0.1) is 0 Å². The molecule has 35 heavy (non-hydrogen) atoms. The first-order valence-electron chi connectivity index (χ1n) is 11.3. The molecule has 0 radical (unpaired) electrons. The third kappa shape index (κ3) is 4.18. The second-order valence-corrected chi connectivity index (χ2v) is 8.96. The first-order valence-corrected chi connectivity index (χ1v) is 11.3. The Morgan fingerprint density at radius 2 is 2.03 bits per heavy atom. The van der Waals surface area contributed by atoms with Gasteiger partial charge < -0.3 is 36.7 Å². The Morgan fingerprint density at radius 1 is 1.23 bits per heavy atom. The van der Waals surface area contributed by atoms with E-state index in [4.69, 9.17) is 11.5 Å². The standard InChI is InChI=1S/C22H26FN9O3/c23-15-3-4-16(31-6-5-22(9-31,30-21(34)35)20(33)29-12-1-2-12)14(13(15)7-24)8-32-11-28-17-18(25)26-10-27-19(17)32/h3-4,10-12,30H,1-2,5-9,24H2,(H,29,33)(H,34,35)(H2,25,26,27). The van der Waals surface area contributed by atoms with Gasteiger partial charge >= 0.3 is 6.09 Å². The zero-order valence-electron chi connectivity index (χ0n) is 18.9. The quantitative estimate of drug-likeness (QED) is 0.321. The van der Waals surface area contributed by atoms with Crippen LogP contribution in [0.4, 0.5) is 20.7 Å². The molecule has 1 aliphatic carbocycles. The minimum absolute atomic E-state index is 0.0483. The minimum atomic E-state index is -1.31. The van der Waals surface area contributed by atoms with E-state index < -0.39 is 17.4 Å². The number of imidazole rings is 1. The summed E-state index contributed by atoms with van der Waals surface area (Å²) in [4.78, 5) is 39.0. The molecule has 1 aliphatic heterocycles. The molecule has 3 aromatic rings. The molecule has 13 heteroatoms. The molecule has 5 rings (SSSR count). The summed E-state index contributed by atoms with van der Waals surface area (Å²) in [7, 11) is 0. The fraction of sp³-hybridized carbons (Fsp3) is 0.409. The molecule has 1 aromatic carbocycles. The van der Waals surface area contributed by atoms with Gasteiger partial charge in [0.1, 0.15) is 23.2 Å². The Hall–Kier alpha value is -4.00. The number of carboxylic acid groups (broad SMARTS) is 1. The Balaban J connectivity index is 1.52. The topological polar surface area (TPSA) is 177 Å². The fourth-order valence-corrected chi connectivity index (χ4v) is 4.65. The Bertz CT molecular complexity index is 1310. The summed E-state index contributed by atoms with van der Waals surface area (Å²) in [5, 5.41) is 14.8. The molecule has 3 heterocycles. The van der Waals surface area contributed by atoms with Crippen LogP contribution in [0.2, 0.25) is 0 Å². The number of carbonyl (C=O) groups is 2. The molecule has 2 aliphatic rings. The van der Waals surface area contributed by atoms with Gasteiger partial charge in [0.25, 0.3) is 0 Å². The van der Waals surface area contributed by atoms with E-state index in [1.807, 2.05) is 4.90 Å². The van der Waals surface area contributed by atoms with Crippen LogP contribution in [0.5, 0.6) is 0 Å². The molecule has 0 spiro atoms. The zero-order chi connectivity index (χ0) is 24.7. The van der Waals surface area contributed by atoms with E-state index in [-0.39, 0.29) is 43.8 Å². The van der Waals surface area contributed by atoms with Gasteiger partial charge in [-0.1, -0.05) is 0 Å². The maximum atomic E-state index is 14.8. The van der Waals surface area contributed by atoms with Crippen LogP contribution in [0.1, 0.15) is 30.4 Å². The maximum Gasteiger partial charge on any atom is 0.405 e. The second-order valence-electron chi connectivity index (χ2n) is 8.96. The number of benzene rings is 1. The first kappa shape index (κ1) is 22.8. The van der Waals surface area contributed by atoms with Gasteiger partial charge in [-0.25, -0.2) is 24.1 Å². The molecule has 2 amide bonds. The van der Waals surface area contributed by atoms with Crippen molar-refractivity contribution in [3.8, 4) is 0 Å². The lowest BCUT2D eigenvalue weighted by atomic mass is 9.97. The van der Waals surface area contributed by atoms with E-state index in [9.17, 15) is 19.1 Å². The van der Waals surface area contributed by atoms with Crippen LogP contribution in [0.3, 0.4) is 0 Å². The number of carbonyl (C=O) groups excluding carboxylic acids is 1. The van der Waals surface area contributed by atoms with Crippen molar-refractivity contribution >= 4 is 34.7 Å². The van der Waals surface area contributed by atoms with Gasteiger partial charge in [-0.3, -0.25) is 4.79 Å². The highest BCUT2D eigenvalue weighted by molar-refractivity contribution is 5.91. The lowest BCUT2D eigenvalue weighted by Crippen LogP contribution is -2.60. The van der Waals surface area contributed by atoms with Crippen molar-refractivity contribution in [3.05, 3.63) is 41.7 Å².